The van der Waals surface area contributed by atoms with Crippen LogP contribution in [0.5, 0.6) is 5.75 Å². The molecule has 31 heavy (non-hydrogen) atoms. The lowest BCUT2D eigenvalue weighted by atomic mass is 10.1. The number of hydrogen-bond acceptors (Lipinski definition) is 6. The molecule has 1 aliphatic rings. The van der Waals surface area contributed by atoms with Crippen LogP contribution >= 0.6 is 11.6 Å². The molecule has 2 aromatic carbocycles. The minimum atomic E-state index is -4.00. The summed E-state index contributed by atoms with van der Waals surface area (Å²) in [4.78, 5) is 16.6. The summed E-state index contributed by atoms with van der Waals surface area (Å²) in [6.07, 6.45) is 3.13. The molecule has 1 amide bonds. The van der Waals surface area contributed by atoms with Crippen molar-refractivity contribution in [1.29, 1.82) is 0 Å². The van der Waals surface area contributed by atoms with Gasteiger partial charge in [-0.2, -0.15) is 0 Å². The number of benzene rings is 2. The van der Waals surface area contributed by atoms with E-state index >= 15 is 0 Å². The Morgan fingerprint density at radius 3 is 2.81 bits per heavy atom. The lowest BCUT2D eigenvalue weighted by Gasteiger charge is -2.32. The molecule has 0 spiro atoms. The van der Waals surface area contributed by atoms with Crippen molar-refractivity contribution in [1.82, 2.24) is 4.98 Å². The van der Waals surface area contributed by atoms with Crippen molar-refractivity contribution in [2.24, 2.45) is 0 Å². The van der Waals surface area contributed by atoms with Crippen LogP contribution in [-0.4, -0.2) is 39.5 Å². The number of anilines is 3. The molecule has 0 aliphatic carbocycles. The fraction of sp³-hybridized carbons (Fsp3) is 0.143. The van der Waals surface area contributed by atoms with Crippen molar-refractivity contribution in [2.75, 3.05) is 35.1 Å². The van der Waals surface area contributed by atoms with E-state index in [0.717, 1.165) is 0 Å². The average molecular weight is 459 g/mol. The van der Waals surface area contributed by atoms with Crippen LogP contribution in [0.25, 0.3) is 0 Å². The first-order chi connectivity index (χ1) is 14.9. The van der Waals surface area contributed by atoms with E-state index in [1.54, 1.807) is 42.6 Å². The second kappa shape index (κ2) is 8.44. The van der Waals surface area contributed by atoms with E-state index in [9.17, 15) is 13.2 Å². The van der Waals surface area contributed by atoms with E-state index in [2.05, 4.69) is 15.6 Å². The number of hydrogen-bond donors (Lipinski definition) is 2. The normalized spacial score (nSPS) is 13.2. The maximum Gasteiger partial charge on any atom is 0.268 e. The number of ether oxygens (including phenoxy) is 1. The van der Waals surface area contributed by atoms with Gasteiger partial charge in [-0.05, 0) is 48.5 Å². The van der Waals surface area contributed by atoms with E-state index in [-0.39, 0.29) is 28.1 Å². The van der Waals surface area contributed by atoms with Crippen LogP contribution in [-0.2, 0) is 10.0 Å². The molecule has 0 fully saturated rings. The SMILES string of the molecule is COc1ccc(Cl)cc1S(=O)(=O)N1CCNc2ccc(C(=O)Nc3cccnc3)cc21. The van der Waals surface area contributed by atoms with Gasteiger partial charge in [0.2, 0.25) is 0 Å². The molecule has 1 aromatic heterocycles. The molecular formula is C21H19ClN4O4S. The summed E-state index contributed by atoms with van der Waals surface area (Å²) in [6, 6.07) is 12.7. The number of halogens is 1. The molecule has 2 N–H and O–H groups in total. The van der Waals surface area contributed by atoms with Gasteiger partial charge in [0.1, 0.15) is 10.6 Å². The maximum atomic E-state index is 13.5. The zero-order chi connectivity index (χ0) is 22.0. The summed E-state index contributed by atoms with van der Waals surface area (Å²) in [6.45, 7) is 0.592. The lowest BCUT2D eigenvalue weighted by Crippen LogP contribution is -2.39. The molecule has 0 saturated carbocycles. The van der Waals surface area contributed by atoms with Crippen LogP contribution in [0.3, 0.4) is 0 Å². The van der Waals surface area contributed by atoms with Crippen molar-refractivity contribution in [3.05, 3.63) is 71.5 Å². The summed E-state index contributed by atoms with van der Waals surface area (Å²) < 4.78 is 33.5. The van der Waals surface area contributed by atoms with E-state index in [4.69, 9.17) is 16.3 Å². The Morgan fingerprint density at radius 2 is 2.06 bits per heavy atom. The van der Waals surface area contributed by atoms with Crippen LogP contribution < -0.4 is 19.7 Å². The number of rotatable bonds is 5. The first kappa shape index (κ1) is 21.0. The molecule has 4 rings (SSSR count). The molecule has 3 aromatic rings. The molecule has 0 atom stereocenters. The second-order valence-corrected chi connectivity index (χ2v) is 8.99. The van der Waals surface area contributed by atoms with Gasteiger partial charge in [-0.15, -0.1) is 0 Å². The minimum absolute atomic E-state index is 0.0411. The number of carbonyl (C=O) groups excluding carboxylic acids is 1. The summed E-state index contributed by atoms with van der Waals surface area (Å²) >= 11 is 6.05. The number of nitrogens with zero attached hydrogens (tertiary/aromatic N) is 2. The Morgan fingerprint density at radius 1 is 1.23 bits per heavy atom. The average Bonchev–Trinajstić information content (AvgIpc) is 2.79. The largest absolute Gasteiger partial charge is 0.495 e. The van der Waals surface area contributed by atoms with Gasteiger partial charge >= 0.3 is 0 Å². The Hall–Kier alpha value is -3.30. The second-order valence-electron chi connectivity index (χ2n) is 6.73. The highest BCUT2D eigenvalue weighted by molar-refractivity contribution is 7.93. The molecule has 8 nitrogen and oxygen atoms in total. The van der Waals surface area contributed by atoms with Crippen LogP contribution in [0.2, 0.25) is 5.02 Å². The van der Waals surface area contributed by atoms with E-state index in [1.807, 2.05) is 0 Å². The molecule has 0 radical (unpaired) electrons. The predicted molar refractivity (Wildman–Crippen MR) is 120 cm³/mol. The van der Waals surface area contributed by atoms with E-state index in [0.29, 0.717) is 29.2 Å². The maximum absolute atomic E-state index is 13.5. The van der Waals surface area contributed by atoms with Crippen LogP contribution in [0.1, 0.15) is 10.4 Å². The Kier molecular flexibility index (Phi) is 5.71. The van der Waals surface area contributed by atoms with Crippen molar-refractivity contribution in [2.45, 2.75) is 4.90 Å². The quantitative estimate of drug-likeness (QED) is 0.605. The fourth-order valence-corrected chi connectivity index (χ4v) is 5.20. The molecule has 2 heterocycles. The lowest BCUT2D eigenvalue weighted by molar-refractivity contribution is 0.102. The number of nitrogens with one attached hydrogen (secondary N) is 2. The Labute approximate surface area is 184 Å². The van der Waals surface area contributed by atoms with Gasteiger partial charge in [-0.3, -0.25) is 14.1 Å². The van der Waals surface area contributed by atoms with Gasteiger partial charge in [0.05, 0.1) is 36.9 Å². The molecule has 10 heteroatoms. The Balaban J connectivity index is 1.73. The monoisotopic (exact) mass is 458 g/mol. The van der Waals surface area contributed by atoms with Crippen LogP contribution in [0, 0.1) is 0 Å². The van der Waals surface area contributed by atoms with Gasteiger partial charge in [0.15, 0.2) is 0 Å². The summed E-state index contributed by atoms with van der Waals surface area (Å²) in [5.74, 6) is -0.186. The first-order valence-electron chi connectivity index (χ1n) is 9.36. The first-order valence-corrected chi connectivity index (χ1v) is 11.2. The number of aromatic nitrogens is 1. The molecule has 0 bridgehead atoms. The molecule has 0 unspecified atom stereocenters. The van der Waals surface area contributed by atoms with Crippen molar-refractivity contribution in [3.8, 4) is 5.75 Å². The predicted octanol–water partition coefficient (Wildman–Crippen LogP) is 3.62. The van der Waals surface area contributed by atoms with Crippen molar-refractivity contribution < 1.29 is 17.9 Å². The van der Waals surface area contributed by atoms with Crippen molar-refractivity contribution >= 4 is 44.6 Å². The number of amides is 1. The summed E-state index contributed by atoms with van der Waals surface area (Å²) in [5, 5.41) is 6.19. The molecule has 1 aliphatic heterocycles. The zero-order valence-corrected chi connectivity index (χ0v) is 18.1. The van der Waals surface area contributed by atoms with E-state index in [1.165, 1.54) is 29.7 Å². The van der Waals surface area contributed by atoms with Crippen LogP contribution in [0.4, 0.5) is 17.1 Å². The number of fused-ring (bicyclic) bond motifs is 1. The summed E-state index contributed by atoms with van der Waals surface area (Å²) in [7, 11) is -2.60. The number of carbonyl (C=O) groups is 1. The van der Waals surface area contributed by atoms with Gasteiger partial charge < -0.3 is 15.4 Å². The Bertz CT molecular complexity index is 1240. The number of methoxy groups -OCH3 is 1. The molecular weight excluding hydrogens is 440 g/mol. The highest BCUT2D eigenvalue weighted by Crippen LogP contribution is 2.37. The smallest absolute Gasteiger partial charge is 0.268 e. The highest BCUT2D eigenvalue weighted by Gasteiger charge is 2.32. The van der Waals surface area contributed by atoms with Crippen molar-refractivity contribution in [3.63, 3.8) is 0 Å². The fourth-order valence-electron chi connectivity index (χ4n) is 3.30. The highest BCUT2D eigenvalue weighted by atomic mass is 35.5. The molecule has 0 saturated heterocycles. The minimum Gasteiger partial charge on any atom is -0.495 e. The van der Waals surface area contributed by atoms with Gasteiger partial charge in [-0.25, -0.2) is 8.42 Å². The van der Waals surface area contributed by atoms with Gasteiger partial charge in [0.25, 0.3) is 15.9 Å². The summed E-state index contributed by atoms with van der Waals surface area (Å²) in [5.41, 5.74) is 1.82. The third-order valence-corrected chi connectivity index (χ3v) is 6.84. The molecule has 160 valence electrons. The topological polar surface area (TPSA) is 101 Å². The number of pyridine rings is 1. The van der Waals surface area contributed by atoms with Crippen LogP contribution in [0.15, 0.2) is 65.8 Å². The third kappa shape index (κ3) is 4.14. The standard InChI is InChI=1S/C21H19ClN4O4S/c1-30-19-7-5-15(22)12-20(19)31(28,29)26-10-9-24-17-6-4-14(11-18(17)26)21(27)25-16-3-2-8-23-13-16/h2-8,11-13,24H,9-10H2,1H3,(H,25,27). The number of sulfonamides is 1. The van der Waals surface area contributed by atoms with Gasteiger partial charge in [-0.1, -0.05) is 11.6 Å². The van der Waals surface area contributed by atoms with Gasteiger partial charge in [0, 0.05) is 23.3 Å². The third-order valence-electron chi connectivity index (χ3n) is 4.77. The van der Waals surface area contributed by atoms with E-state index < -0.39 is 10.0 Å². The zero-order valence-electron chi connectivity index (χ0n) is 16.5.